The zero-order valence-electron chi connectivity index (χ0n) is 7.51. The molecule has 1 amide bonds. The van der Waals surface area contributed by atoms with Gasteiger partial charge in [-0.05, 0) is 42.4 Å². The lowest BCUT2D eigenvalue weighted by molar-refractivity contribution is -0.112. The molecule has 3 N–H and O–H groups in total. The summed E-state index contributed by atoms with van der Waals surface area (Å²) in [6.45, 7) is 1.53. The average Bonchev–Trinajstić information content (AvgIpc) is 2.08. The van der Waals surface area contributed by atoms with Gasteiger partial charge in [-0.1, -0.05) is 5.92 Å². The number of amides is 1. The molecular weight excluding hydrogens is 178 g/mol. The molecule has 0 spiro atoms. The van der Waals surface area contributed by atoms with Gasteiger partial charge in [-0.25, -0.2) is 0 Å². The molecule has 0 aromatic heterocycles. The molecule has 14 heavy (non-hydrogen) atoms. The first kappa shape index (κ1) is 11.7. The molecule has 0 aliphatic rings. The first-order valence-corrected chi connectivity index (χ1v) is 3.62. The molecular formula is C11H7NO2. The van der Waals surface area contributed by atoms with Crippen LogP contribution in [0.3, 0.4) is 0 Å². The third-order valence-electron chi connectivity index (χ3n) is 0.779. The van der Waals surface area contributed by atoms with Crippen molar-refractivity contribution in [3.05, 3.63) is 0 Å². The number of carbonyl (C=O) groups excluding carboxylic acids is 1. The van der Waals surface area contributed by atoms with Crippen LogP contribution in [0, 0.1) is 47.4 Å². The average molecular weight is 185 g/mol. The third-order valence-corrected chi connectivity index (χ3v) is 0.779. The second-order valence-electron chi connectivity index (χ2n) is 2.06. The van der Waals surface area contributed by atoms with Gasteiger partial charge >= 0.3 is 0 Å². The van der Waals surface area contributed by atoms with Gasteiger partial charge in [0.1, 0.15) is 6.10 Å². The van der Waals surface area contributed by atoms with Gasteiger partial charge in [0.05, 0.1) is 0 Å². The number of rotatable bonds is 0. The fourth-order valence-electron chi connectivity index (χ4n) is 0.358. The molecule has 0 heterocycles. The second kappa shape index (κ2) is 7.33. The van der Waals surface area contributed by atoms with E-state index in [4.69, 9.17) is 10.8 Å². The van der Waals surface area contributed by atoms with Crippen LogP contribution in [0.15, 0.2) is 0 Å². The smallest absolute Gasteiger partial charge is 0.294 e. The lowest BCUT2D eigenvalue weighted by Crippen LogP contribution is -2.05. The van der Waals surface area contributed by atoms with E-state index in [1.165, 1.54) is 6.92 Å². The minimum absolute atomic E-state index is 0.702. The number of hydrogen-bond acceptors (Lipinski definition) is 2. The molecule has 0 fully saturated rings. The van der Waals surface area contributed by atoms with Crippen molar-refractivity contribution in [1.82, 2.24) is 0 Å². The van der Waals surface area contributed by atoms with Crippen molar-refractivity contribution in [3.63, 3.8) is 0 Å². The van der Waals surface area contributed by atoms with E-state index in [0.717, 1.165) is 0 Å². The van der Waals surface area contributed by atoms with Gasteiger partial charge in [-0.2, -0.15) is 0 Å². The highest BCUT2D eigenvalue weighted by atomic mass is 16.3. The number of aliphatic hydroxyl groups excluding tert-OH is 1. The molecule has 0 aliphatic carbocycles. The standard InChI is InChI=1S/C11H7NO2/c1-10(13)8-6-4-2-3-5-7-9-11(12)14/h10,13H,1H3,(H2,12,14)/t10-/m0/s1. The molecule has 1 atom stereocenters. The summed E-state index contributed by atoms with van der Waals surface area (Å²) in [6, 6.07) is 0. The molecule has 68 valence electrons. The summed E-state index contributed by atoms with van der Waals surface area (Å²) in [5.41, 5.74) is 4.72. The number of carbonyl (C=O) groups is 1. The lowest BCUT2D eigenvalue weighted by atomic mass is 10.4. The number of primary amides is 1. The maximum atomic E-state index is 10.1. The van der Waals surface area contributed by atoms with Crippen LogP contribution in [-0.4, -0.2) is 17.1 Å². The molecule has 0 bridgehead atoms. The second-order valence-corrected chi connectivity index (χ2v) is 2.06. The normalized spacial score (nSPS) is 8.14. The highest BCUT2D eigenvalue weighted by molar-refractivity contribution is 5.92. The van der Waals surface area contributed by atoms with Gasteiger partial charge in [0.25, 0.3) is 5.91 Å². The van der Waals surface area contributed by atoms with Gasteiger partial charge in [-0.15, -0.1) is 0 Å². The van der Waals surface area contributed by atoms with E-state index < -0.39 is 12.0 Å². The van der Waals surface area contributed by atoms with E-state index in [1.807, 2.05) is 5.92 Å². The molecule has 0 saturated carbocycles. The molecule has 0 saturated heterocycles. The van der Waals surface area contributed by atoms with Crippen molar-refractivity contribution < 1.29 is 9.90 Å². The first-order valence-electron chi connectivity index (χ1n) is 3.62. The molecule has 3 nitrogen and oxygen atoms in total. The predicted molar refractivity (Wildman–Crippen MR) is 52.0 cm³/mol. The Hall–Kier alpha value is -2.33. The maximum Gasteiger partial charge on any atom is 0.294 e. The third kappa shape index (κ3) is 9.67. The molecule has 0 unspecified atom stereocenters. The van der Waals surface area contributed by atoms with Crippen LogP contribution in [0.2, 0.25) is 0 Å². The van der Waals surface area contributed by atoms with E-state index in [0.29, 0.717) is 0 Å². The van der Waals surface area contributed by atoms with Crippen LogP contribution in [0.1, 0.15) is 6.92 Å². The summed E-state index contributed by atoms with van der Waals surface area (Å²) < 4.78 is 0. The van der Waals surface area contributed by atoms with E-state index in [2.05, 4.69) is 41.4 Å². The zero-order valence-corrected chi connectivity index (χ0v) is 7.51. The van der Waals surface area contributed by atoms with Crippen molar-refractivity contribution in [1.29, 1.82) is 0 Å². The summed E-state index contributed by atoms with van der Waals surface area (Å²) in [5.74, 6) is 17.6. The summed E-state index contributed by atoms with van der Waals surface area (Å²) in [7, 11) is 0. The topological polar surface area (TPSA) is 63.3 Å². The summed E-state index contributed by atoms with van der Waals surface area (Å²) in [5, 5.41) is 8.70. The Morgan fingerprint density at radius 3 is 2.14 bits per heavy atom. The Morgan fingerprint density at radius 1 is 1.14 bits per heavy atom. The van der Waals surface area contributed by atoms with Gasteiger partial charge in [0.15, 0.2) is 0 Å². The highest BCUT2D eigenvalue weighted by Crippen LogP contribution is 1.70. The Bertz CT molecular complexity index is 444. The first-order chi connectivity index (χ1) is 6.63. The Balaban J connectivity index is 4.15. The molecule has 0 aromatic carbocycles. The van der Waals surface area contributed by atoms with E-state index >= 15 is 0 Å². The predicted octanol–water partition coefficient (Wildman–Crippen LogP) is -1.13. The Kier molecular flexibility index (Phi) is 6.11. The van der Waals surface area contributed by atoms with Crippen LogP contribution in [0.25, 0.3) is 0 Å². The SMILES string of the molecule is C[C@H](O)C#CC#CC#CC#CC(N)=O. The van der Waals surface area contributed by atoms with Crippen LogP contribution in [0.4, 0.5) is 0 Å². The summed E-state index contributed by atoms with van der Waals surface area (Å²) in [4.78, 5) is 10.1. The maximum absolute atomic E-state index is 10.1. The van der Waals surface area contributed by atoms with Crippen LogP contribution in [0.5, 0.6) is 0 Å². The largest absolute Gasteiger partial charge is 0.381 e. The fraction of sp³-hybridized carbons (Fsp3) is 0.182. The van der Waals surface area contributed by atoms with Crippen LogP contribution >= 0.6 is 0 Å². The minimum Gasteiger partial charge on any atom is -0.381 e. The van der Waals surface area contributed by atoms with Crippen molar-refractivity contribution in [2.45, 2.75) is 13.0 Å². The van der Waals surface area contributed by atoms with E-state index in [-0.39, 0.29) is 0 Å². The van der Waals surface area contributed by atoms with E-state index in [9.17, 15) is 4.79 Å². The van der Waals surface area contributed by atoms with Crippen LogP contribution in [-0.2, 0) is 4.79 Å². The van der Waals surface area contributed by atoms with Gasteiger partial charge in [0, 0.05) is 5.92 Å². The molecule has 0 radical (unpaired) electrons. The van der Waals surface area contributed by atoms with Crippen molar-refractivity contribution >= 4 is 5.91 Å². The molecule has 0 rings (SSSR count). The van der Waals surface area contributed by atoms with Crippen molar-refractivity contribution in [3.8, 4) is 47.4 Å². The molecule has 0 aliphatic heterocycles. The number of hydrogen-bond donors (Lipinski definition) is 2. The quantitative estimate of drug-likeness (QED) is 0.469. The van der Waals surface area contributed by atoms with Crippen molar-refractivity contribution in [2.75, 3.05) is 0 Å². The highest BCUT2D eigenvalue weighted by Gasteiger charge is 1.78. The van der Waals surface area contributed by atoms with Gasteiger partial charge < -0.3 is 10.8 Å². The van der Waals surface area contributed by atoms with E-state index in [1.54, 1.807) is 0 Å². The Morgan fingerprint density at radius 2 is 1.64 bits per heavy atom. The number of aliphatic hydroxyl groups is 1. The monoisotopic (exact) mass is 185 g/mol. The van der Waals surface area contributed by atoms with Gasteiger partial charge in [0.2, 0.25) is 0 Å². The summed E-state index contributed by atoms with van der Waals surface area (Å²) in [6.07, 6.45) is -0.702. The Labute approximate surface area is 82.7 Å². The fourth-order valence-corrected chi connectivity index (χ4v) is 0.358. The van der Waals surface area contributed by atoms with Crippen LogP contribution < -0.4 is 5.73 Å². The number of nitrogens with two attached hydrogens (primary N) is 1. The van der Waals surface area contributed by atoms with Crippen molar-refractivity contribution in [2.24, 2.45) is 5.73 Å². The lowest BCUT2D eigenvalue weighted by Gasteiger charge is -1.82. The zero-order chi connectivity index (χ0) is 10.8. The summed E-state index contributed by atoms with van der Waals surface area (Å²) >= 11 is 0. The molecule has 0 aromatic rings. The minimum atomic E-state index is -0.735. The van der Waals surface area contributed by atoms with Gasteiger partial charge in [-0.3, -0.25) is 4.79 Å². The molecule has 3 heteroatoms.